The van der Waals surface area contributed by atoms with Gasteiger partial charge in [0.1, 0.15) is 12.0 Å². The van der Waals surface area contributed by atoms with Crippen LogP contribution in [0.5, 0.6) is 5.75 Å². The van der Waals surface area contributed by atoms with E-state index in [-0.39, 0.29) is 12.3 Å². The van der Waals surface area contributed by atoms with Crippen LogP contribution in [0.25, 0.3) is 0 Å². The van der Waals surface area contributed by atoms with E-state index in [4.69, 9.17) is 9.47 Å². The summed E-state index contributed by atoms with van der Waals surface area (Å²) >= 11 is 0. The molecule has 1 rings (SSSR count). The third-order valence-corrected chi connectivity index (χ3v) is 2.05. The minimum Gasteiger partial charge on any atom is -0.491 e. The quantitative estimate of drug-likeness (QED) is 0.755. The molecule has 0 radical (unpaired) electrons. The summed E-state index contributed by atoms with van der Waals surface area (Å²) in [7, 11) is 3.55. The van der Waals surface area contributed by atoms with Gasteiger partial charge in [-0.3, -0.25) is 5.32 Å². The first-order valence-corrected chi connectivity index (χ1v) is 5.14. The summed E-state index contributed by atoms with van der Waals surface area (Å²) in [6.07, 6.45) is 0.150. The van der Waals surface area contributed by atoms with Crippen molar-refractivity contribution >= 4 is 0 Å². The van der Waals surface area contributed by atoms with Crippen molar-refractivity contribution in [1.82, 2.24) is 5.32 Å². The second-order valence-electron chi connectivity index (χ2n) is 3.64. The standard InChI is InChI=1S/C12H19NO2/c1-9(2)15-11-7-5-10(6-8-11)12(13-3)14-4/h5-9,12-13H,1-4H3. The first-order valence-electron chi connectivity index (χ1n) is 5.14. The first kappa shape index (κ1) is 12.0. The van der Waals surface area contributed by atoms with E-state index in [2.05, 4.69) is 5.32 Å². The predicted molar refractivity (Wildman–Crippen MR) is 61.0 cm³/mol. The highest BCUT2D eigenvalue weighted by molar-refractivity contribution is 5.28. The maximum absolute atomic E-state index is 5.55. The lowest BCUT2D eigenvalue weighted by molar-refractivity contribution is 0.0808. The summed E-state index contributed by atoms with van der Waals surface area (Å²) < 4.78 is 10.8. The summed E-state index contributed by atoms with van der Waals surface area (Å²) in [5.41, 5.74) is 1.09. The molecule has 0 spiro atoms. The van der Waals surface area contributed by atoms with E-state index in [1.807, 2.05) is 45.2 Å². The van der Waals surface area contributed by atoms with E-state index in [9.17, 15) is 0 Å². The Morgan fingerprint density at radius 2 is 1.73 bits per heavy atom. The number of nitrogens with one attached hydrogen (secondary N) is 1. The zero-order valence-corrected chi connectivity index (χ0v) is 9.78. The molecule has 0 aromatic heterocycles. The smallest absolute Gasteiger partial charge is 0.133 e. The van der Waals surface area contributed by atoms with Crippen LogP contribution in [0.15, 0.2) is 24.3 Å². The van der Waals surface area contributed by atoms with E-state index >= 15 is 0 Å². The van der Waals surface area contributed by atoms with Gasteiger partial charge in [-0.25, -0.2) is 0 Å². The molecule has 84 valence electrons. The van der Waals surface area contributed by atoms with Crippen molar-refractivity contribution in [3.8, 4) is 5.75 Å². The Morgan fingerprint density at radius 1 is 1.13 bits per heavy atom. The number of ether oxygens (including phenoxy) is 2. The molecule has 0 bridgehead atoms. The monoisotopic (exact) mass is 209 g/mol. The van der Waals surface area contributed by atoms with Gasteiger partial charge in [-0.1, -0.05) is 12.1 Å². The van der Waals surface area contributed by atoms with Crippen LogP contribution >= 0.6 is 0 Å². The lowest BCUT2D eigenvalue weighted by Crippen LogP contribution is -2.17. The van der Waals surface area contributed by atoms with Gasteiger partial charge in [0.2, 0.25) is 0 Å². The van der Waals surface area contributed by atoms with Gasteiger partial charge in [-0.2, -0.15) is 0 Å². The van der Waals surface area contributed by atoms with Crippen LogP contribution in [0.3, 0.4) is 0 Å². The lowest BCUT2D eigenvalue weighted by atomic mass is 10.2. The fourth-order valence-electron chi connectivity index (χ4n) is 1.41. The number of benzene rings is 1. The molecule has 1 aromatic rings. The zero-order chi connectivity index (χ0) is 11.3. The zero-order valence-electron chi connectivity index (χ0n) is 9.78. The van der Waals surface area contributed by atoms with Crippen LogP contribution in [-0.4, -0.2) is 20.3 Å². The molecule has 0 amide bonds. The molecule has 1 unspecified atom stereocenters. The molecule has 0 fully saturated rings. The molecule has 15 heavy (non-hydrogen) atoms. The van der Waals surface area contributed by atoms with Gasteiger partial charge in [0.25, 0.3) is 0 Å². The van der Waals surface area contributed by atoms with Crippen LogP contribution in [-0.2, 0) is 4.74 Å². The number of rotatable bonds is 5. The Labute approximate surface area is 91.4 Å². The molecule has 3 heteroatoms. The fourth-order valence-corrected chi connectivity index (χ4v) is 1.41. The van der Waals surface area contributed by atoms with E-state index in [0.717, 1.165) is 11.3 Å². The van der Waals surface area contributed by atoms with E-state index in [1.54, 1.807) is 7.11 Å². The Bertz CT molecular complexity index is 278. The minimum absolute atomic E-state index is 0.0573. The molecular weight excluding hydrogens is 190 g/mol. The number of hydrogen-bond acceptors (Lipinski definition) is 3. The third kappa shape index (κ3) is 3.53. The summed E-state index contributed by atoms with van der Waals surface area (Å²) in [4.78, 5) is 0. The fraction of sp³-hybridized carbons (Fsp3) is 0.500. The van der Waals surface area contributed by atoms with Crippen molar-refractivity contribution in [3.63, 3.8) is 0 Å². The van der Waals surface area contributed by atoms with Crippen molar-refractivity contribution in [1.29, 1.82) is 0 Å². The van der Waals surface area contributed by atoms with Gasteiger partial charge in [0.05, 0.1) is 6.10 Å². The Morgan fingerprint density at radius 3 is 2.13 bits per heavy atom. The third-order valence-electron chi connectivity index (χ3n) is 2.05. The summed E-state index contributed by atoms with van der Waals surface area (Å²) in [5, 5.41) is 3.07. The molecule has 1 aromatic carbocycles. The van der Waals surface area contributed by atoms with Crippen molar-refractivity contribution in [3.05, 3.63) is 29.8 Å². The Balaban J connectivity index is 2.71. The summed E-state index contributed by atoms with van der Waals surface area (Å²) in [6.45, 7) is 4.03. The normalized spacial score (nSPS) is 12.9. The highest BCUT2D eigenvalue weighted by Gasteiger charge is 2.06. The highest BCUT2D eigenvalue weighted by Crippen LogP contribution is 2.18. The van der Waals surface area contributed by atoms with Gasteiger partial charge in [-0.15, -0.1) is 0 Å². The van der Waals surface area contributed by atoms with Crippen LogP contribution in [0.4, 0.5) is 0 Å². The first-order chi connectivity index (χ1) is 7.17. The maximum atomic E-state index is 5.55. The van der Waals surface area contributed by atoms with E-state index < -0.39 is 0 Å². The molecule has 1 N–H and O–H groups in total. The Kier molecular flexibility index (Phi) is 4.59. The molecule has 0 saturated heterocycles. The summed E-state index contributed by atoms with van der Waals surface area (Å²) in [5.74, 6) is 0.889. The molecule has 3 nitrogen and oxygen atoms in total. The number of hydrogen-bond donors (Lipinski definition) is 1. The highest BCUT2D eigenvalue weighted by atomic mass is 16.5. The van der Waals surface area contributed by atoms with Crippen molar-refractivity contribution in [2.75, 3.05) is 14.2 Å². The Hall–Kier alpha value is -1.06. The average Bonchev–Trinajstić information content (AvgIpc) is 2.21. The van der Waals surface area contributed by atoms with Gasteiger partial charge in [0.15, 0.2) is 0 Å². The second kappa shape index (κ2) is 5.73. The largest absolute Gasteiger partial charge is 0.491 e. The maximum Gasteiger partial charge on any atom is 0.133 e. The molecular formula is C12H19NO2. The van der Waals surface area contributed by atoms with Crippen LogP contribution < -0.4 is 10.1 Å². The number of methoxy groups -OCH3 is 1. The van der Waals surface area contributed by atoms with Crippen LogP contribution in [0, 0.1) is 0 Å². The topological polar surface area (TPSA) is 30.5 Å². The molecule has 0 aliphatic heterocycles. The van der Waals surface area contributed by atoms with Gasteiger partial charge in [0, 0.05) is 7.11 Å². The van der Waals surface area contributed by atoms with Crippen LogP contribution in [0.2, 0.25) is 0 Å². The summed E-state index contributed by atoms with van der Waals surface area (Å²) in [6, 6.07) is 7.92. The van der Waals surface area contributed by atoms with Crippen molar-refractivity contribution < 1.29 is 9.47 Å². The second-order valence-corrected chi connectivity index (χ2v) is 3.64. The van der Waals surface area contributed by atoms with E-state index in [0.29, 0.717) is 0 Å². The minimum atomic E-state index is -0.0573. The molecule has 0 aliphatic rings. The lowest BCUT2D eigenvalue weighted by Gasteiger charge is -2.15. The van der Waals surface area contributed by atoms with E-state index in [1.165, 1.54) is 0 Å². The molecule has 0 aliphatic carbocycles. The van der Waals surface area contributed by atoms with Gasteiger partial charge in [-0.05, 0) is 38.6 Å². The molecule has 0 heterocycles. The van der Waals surface area contributed by atoms with Gasteiger partial charge >= 0.3 is 0 Å². The predicted octanol–water partition coefficient (Wildman–Crippen LogP) is 2.34. The molecule has 1 atom stereocenters. The van der Waals surface area contributed by atoms with Crippen molar-refractivity contribution in [2.24, 2.45) is 0 Å². The van der Waals surface area contributed by atoms with Crippen molar-refractivity contribution in [2.45, 2.75) is 26.2 Å². The van der Waals surface area contributed by atoms with Crippen LogP contribution in [0.1, 0.15) is 25.6 Å². The average molecular weight is 209 g/mol. The van der Waals surface area contributed by atoms with Gasteiger partial charge < -0.3 is 9.47 Å². The SMILES string of the molecule is CNC(OC)c1ccc(OC(C)C)cc1. The molecule has 0 saturated carbocycles.